The molecule has 0 bridgehead atoms. The zero-order valence-corrected chi connectivity index (χ0v) is 14.5. The number of rotatable bonds is 9. The van der Waals surface area contributed by atoms with E-state index in [2.05, 4.69) is 24.5 Å². The fourth-order valence-electron chi connectivity index (χ4n) is 2.83. The van der Waals surface area contributed by atoms with Crippen LogP contribution in [0.15, 0.2) is 0 Å². The Hall–Kier alpha value is -0.660. The minimum Gasteiger partial charge on any atom is -0.352 e. The molecule has 0 aromatic heterocycles. The molecule has 6 nitrogen and oxygen atoms in total. The van der Waals surface area contributed by atoms with Gasteiger partial charge in [0.2, 0.25) is 5.91 Å². The smallest absolute Gasteiger partial charge is 0.264 e. The van der Waals surface area contributed by atoms with Crippen LogP contribution in [0.4, 0.5) is 0 Å². The second-order valence-electron chi connectivity index (χ2n) is 6.62. The van der Waals surface area contributed by atoms with E-state index in [0.29, 0.717) is 25.3 Å². The van der Waals surface area contributed by atoms with Crippen LogP contribution in [0.2, 0.25) is 0 Å². The topological polar surface area (TPSA) is 95.5 Å². The van der Waals surface area contributed by atoms with Crippen LogP contribution in [-0.4, -0.2) is 43.3 Å². The molecule has 0 aromatic rings. The van der Waals surface area contributed by atoms with E-state index in [4.69, 9.17) is 4.55 Å². The predicted molar refractivity (Wildman–Crippen MR) is 87.3 cm³/mol. The molecule has 1 saturated carbocycles. The van der Waals surface area contributed by atoms with Crippen LogP contribution >= 0.6 is 0 Å². The molecule has 130 valence electrons. The first kappa shape index (κ1) is 19.4. The zero-order chi connectivity index (χ0) is 16.6. The van der Waals surface area contributed by atoms with Crippen molar-refractivity contribution >= 4 is 16.0 Å². The summed E-state index contributed by atoms with van der Waals surface area (Å²) < 4.78 is 30.1. The zero-order valence-electron chi connectivity index (χ0n) is 13.7. The standard InChI is InChI=1S/C15H30N2O4S/c1-12(2)11-14(16-9-6-10-22(19,20)21)15(18)17-13-7-4-3-5-8-13/h12-14,16H,3-11H2,1-2H3,(H,17,18)(H,19,20,21)/t14-/m1/s1. The highest BCUT2D eigenvalue weighted by atomic mass is 32.2. The Labute approximate surface area is 134 Å². The third-order valence-electron chi connectivity index (χ3n) is 3.94. The van der Waals surface area contributed by atoms with Gasteiger partial charge in [0.25, 0.3) is 10.1 Å². The largest absolute Gasteiger partial charge is 0.352 e. The van der Waals surface area contributed by atoms with Crippen LogP contribution in [0.1, 0.15) is 58.8 Å². The number of carbonyl (C=O) groups is 1. The van der Waals surface area contributed by atoms with Crippen molar-refractivity contribution in [1.82, 2.24) is 10.6 Å². The molecule has 0 heterocycles. The summed E-state index contributed by atoms with van der Waals surface area (Å²) in [6, 6.07) is -0.0288. The number of amides is 1. The first-order valence-electron chi connectivity index (χ1n) is 8.27. The van der Waals surface area contributed by atoms with Crippen molar-refractivity contribution in [2.24, 2.45) is 5.92 Å². The first-order chi connectivity index (χ1) is 10.3. The summed E-state index contributed by atoms with van der Waals surface area (Å²) in [7, 11) is -3.93. The molecule has 0 aromatic carbocycles. The van der Waals surface area contributed by atoms with Crippen molar-refractivity contribution in [2.75, 3.05) is 12.3 Å². The summed E-state index contributed by atoms with van der Waals surface area (Å²) in [5.41, 5.74) is 0. The van der Waals surface area contributed by atoms with Gasteiger partial charge in [-0.2, -0.15) is 8.42 Å². The molecule has 0 aliphatic heterocycles. The summed E-state index contributed by atoms with van der Waals surface area (Å²) in [4.78, 5) is 12.4. The van der Waals surface area contributed by atoms with Gasteiger partial charge in [-0.15, -0.1) is 0 Å². The monoisotopic (exact) mass is 334 g/mol. The Balaban J connectivity index is 2.42. The fraction of sp³-hybridized carbons (Fsp3) is 0.933. The van der Waals surface area contributed by atoms with Gasteiger partial charge in [0.15, 0.2) is 0 Å². The van der Waals surface area contributed by atoms with E-state index in [1.807, 2.05) is 0 Å². The molecule has 0 unspecified atom stereocenters. The van der Waals surface area contributed by atoms with Crippen LogP contribution < -0.4 is 10.6 Å². The summed E-state index contributed by atoms with van der Waals surface area (Å²) in [5.74, 6) is 0.0992. The lowest BCUT2D eigenvalue weighted by Gasteiger charge is -2.26. The SMILES string of the molecule is CC(C)C[C@@H](NCCCS(=O)(=O)O)C(=O)NC1CCCCC1. The first-order valence-corrected chi connectivity index (χ1v) is 9.88. The van der Waals surface area contributed by atoms with Crippen molar-refractivity contribution in [3.8, 4) is 0 Å². The highest BCUT2D eigenvalue weighted by Crippen LogP contribution is 2.17. The summed E-state index contributed by atoms with van der Waals surface area (Å²) in [6.45, 7) is 4.51. The van der Waals surface area contributed by atoms with Gasteiger partial charge in [-0.25, -0.2) is 0 Å². The van der Waals surface area contributed by atoms with Crippen molar-refractivity contribution < 1.29 is 17.8 Å². The van der Waals surface area contributed by atoms with Gasteiger partial charge in [-0.1, -0.05) is 33.1 Å². The van der Waals surface area contributed by atoms with E-state index in [9.17, 15) is 13.2 Å². The fourth-order valence-corrected chi connectivity index (χ4v) is 3.34. The maximum absolute atomic E-state index is 12.4. The van der Waals surface area contributed by atoms with Crippen LogP contribution in [-0.2, 0) is 14.9 Å². The molecule has 7 heteroatoms. The molecule has 1 rings (SSSR count). The molecular weight excluding hydrogens is 304 g/mol. The number of hydrogen-bond acceptors (Lipinski definition) is 4. The van der Waals surface area contributed by atoms with Crippen LogP contribution in [0, 0.1) is 5.92 Å². The third-order valence-corrected chi connectivity index (χ3v) is 4.75. The lowest BCUT2D eigenvalue weighted by molar-refractivity contribution is -0.124. The average molecular weight is 334 g/mol. The Kier molecular flexibility index (Phi) is 8.35. The minimum atomic E-state index is -3.93. The number of carbonyl (C=O) groups excluding carboxylic acids is 1. The van der Waals surface area contributed by atoms with Gasteiger partial charge in [0.1, 0.15) is 0 Å². The van der Waals surface area contributed by atoms with Gasteiger partial charge < -0.3 is 10.6 Å². The van der Waals surface area contributed by atoms with Crippen molar-refractivity contribution in [3.63, 3.8) is 0 Å². The van der Waals surface area contributed by atoms with Crippen LogP contribution in [0.5, 0.6) is 0 Å². The Bertz CT molecular complexity index is 431. The van der Waals surface area contributed by atoms with E-state index < -0.39 is 10.1 Å². The maximum atomic E-state index is 12.4. The quantitative estimate of drug-likeness (QED) is 0.441. The molecule has 1 fully saturated rings. The second-order valence-corrected chi connectivity index (χ2v) is 8.19. The van der Waals surface area contributed by atoms with E-state index >= 15 is 0 Å². The van der Waals surface area contributed by atoms with Crippen LogP contribution in [0.25, 0.3) is 0 Å². The normalized spacial score (nSPS) is 18.4. The lowest BCUT2D eigenvalue weighted by atomic mass is 9.94. The predicted octanol–water partition coefficient (Wildman–Crippen LogP) is 1.72. The molecule has 1 aliphatic carbocycles. The Morgan fingerprint density at radius 2 is 1.86 bits per heavy atom. The molecule has 1 atom stereocenters. The van der Waals surface area contributed by atoms with Crippen molar-refractivity contribution in [2.45, 2.75) is 70.9 Å². The van der Waals surface area contributed by atoms with Gasteiger partial charge in [-0.05, 0) is 38.1 Å². The molecule has 1 aliphatic rings. The molecule has 22 heavy (non-hydrogen) atoms. The number of hydrogen-bond donors (Lipinski definition) is 3. The highest BCUT2D eigenvalue weighted by Gasteiger charge is 2.23. The van der Waals surface area contributed by atoms with Gasteiger partial charge >= 0.3 is 0 Å². The Morgan fingerprint density at radius 3 is 2.41 bits per heavy atom. The average Bonchev–Trinajstić information content (AvgIpc) is 2.41. The van der Waals surface area contributed by atoms with E-state index in [-0.39, 0.29) is 23.7 Å². The van der Waals surface area contributed by atoms with Gasteiger partial charge in [0.05, 0.1) is 11.8 Å². The number of nitrogens with one attached hydrogen (secondary N) is 2. The molecule has 3 N–H and O–H groups in total. The molecule has 0 radical (unpaired) electrons. The molecule has 0 saturated heterocycles. The third kappa shape index (κ3) is 8.70. The summed E-state index contributed by atoms with van der Waals surface area (Å²) >= 11 is 0. The lowest BCUT2D eigenvalue weighted by Crippen LogP contribution is -2.49. The molecular formula is C15H30N2O4S. The molecule has 0 spiro atoms. The summed E-state index contributed by atoms with van der Waals surface area (Å²) in [5, 5.41) is 6.24. The van der Waals surface area contributed by atoms with Crippen LogP contribution in [0.3, 0.4) is 0 Å². The van der Waals surface area contributed by atoms with Gasteiger partial charge in [0, 0.05) is 6.04 Å². The van der Waals surface area contributed by atoms with Crippen molar-refractivity contribution in [3.05, 3.63) is 0 Å². The van der Waals surface area contributed by atoms with E-state index in [0.717, 1.165) is 12.8 Å². The van der Waals surface area contributed by atoms with Crippen molar-refractivity contribution in [1.29, 1.82) is 0 Å². The minimum absolute atomic E-state index is 0.00690. The molecule has 1 amide bonds. The maximum Gasteiger partial charge on any atom is 0.264 e. The van der Waals surface area contributed by atoms with Gasteiger partial charge in [-0.3, -0.25) is 9.35 Å². The van der Waals surface area contributed by atoms with E-state index in [1.54, 1.807) is 0 Å². The highest BCUT2D eigenvalue weighted by molar-refractivity contribution is 7.85. The summed E-state index contributed by atoms with van der Waals surface area (Å²) in [6.07, 6.45) is 6.68. The Morgan fingerprint density at radius 1 is 1.23 bits per heavy atom. The van der Waals surface area contributed by atoms with E-state index in [1.165, 1.54) is 19.3 Å². The second kappa shape index (κ2) is 9.47.